The summed E-state index contributed by atoms with van der Waals surface area (Å²) in [5.41, 5.74) is 2.59. The monoisotopic (exact) mass is 557 g/mol. The summed E-state index contributed by atoms with van der Waals surface area (Å²) in [6.07, 6.45) is 1.57. The quantitative estimate of drug-likeness (QED) is 0.216. The van der Waals surface area contributed by atoms with E-state index in [1.165, 1.54) is 16.8 Å². The minimum absolute atomic E-state index is 0.237. The van der Waals surface area contributed by atoms with Crippen LogP contribution < -0.4 is 15.0 Å². The Labute approximate surface area is 220 Å². The van der Waals surface area contributed by atoms with Gasteiger partial charge in [0.25, 0.3) is 5.56 Å². The zero-order valence-corrected chi connectivity index (χ0v) is 21.4. The molecule has 0 radical (unpaired) electrons. The van der Waals surface area contributed by atoms with Crippen LogP contribution in [-0.2, 0) is 6.61 Å². The summed E-state index contributed by atoms with van der Waals surface area (Å²) < 4.78 is 26.6. The predicted octanol–water partition coefficient (Wildman–Crippen LogP) is 6.43. The summed E-state index contributed by atoms with van der Waals surface area (Å²) in [5.74, 6) is 1.11. The molecule has 0 atom stereocenters. The minimum atomic E-state index is -0.303. The second-order valence-corrected chi connectivity index (χ2v) is 8.98. The van der Waals surface area contributed by atoms with Gasteiger partial charge < -0.3 is 9.47 Å². The van der Waals surface area contributed by atoms with Crippen LogP contribution in [0.4, 0.5) is 4.39 Å². The Morgan fingerprint density at radius 1 is 1.00 bits per heavy atom. The number of ether oxygens (including phenoxy) is 2. The van der Waals surface area contributed by atoms with Gasteiger partial charge in [0.2, 0.25) is 0 Å². The van der Waals surface area contributed by atoms with Gasteiger partial charge in [-0.2, -0.15) is 9.78 Å². The van der Waals surface area contributed by atoms with Crippen molar-refractivity contribution >= 4 is 33.0 Å². The number of rotatable bonds is 7. The summed E-state index contributed by atoms with van der Waals surface area (Å²) in [6, 6.07) is 26.3. The Kier molecular flexibility index (Phi) is 7.09. The van der Waals surface area contributed by atoms with Crippen molar-refractivity contribution in [3.63, 3.8) is 0 Å². The van der Waals surface area contributed by atoms with Crippen molar-refractivity contribution in [2.45, 2.75) is 6.61 Å². The molecule has 0 saturated heterocycles. The number of para-hydroxylation sites is 1. The molecule has 4 aromatic carbocycles. The fraction of sp³-hybridized carbons (Fsp3) is 0.0690. The highest BCUT2D eigenvalue weighted by atomic mass is 79.9. The molecular formula is C29H21BrFN3O3. The van der Waals surface area contributed by atoms with Crippen LogP contribution in [-0.4, -0.2) is 23.0 Å². The molecule has 5 rings (SSSR count). The first-order valence-corrected chi connectivity index (χ1v) is 12.2. The lowest BCUT2D eigenvalue weighted by molar-refractivity contribution is 0.282. The third-order valence-electron chi connectivity index (χ3n) is 5.66. The van der Waals surface area contributed by atoms with Gasteiger partial charge in [0.15, 0.2) is 17.3 Å². The summed E-state index contributed by atoms with van der Waals surface area (Å²) in [5, 5.41) is 4.99. The standard InChI is InChI=1S/C29H21BrFN3O3/c1-36-26-16-20(15-24(30)27(26)37-18-19-11-13-22(31)14-12-19)17-32-34-28(21-7-3-2-4-8-21)33-25-10-6-5-9-23(25)29(34)35/h2-17H,18H2,1H3. The zero-order chi connectivity index (χ0) is 25.8. The normalized spacial score (nSPS) is 11.2. The molecule has 0 N–H and O–H groups in total. The molecule has 0 amide bonds. The topological polar surface area (TPSA) is 65.7 Å². The van der Waals surface area contributed by atoms with Crippen LogP contribution in [0, 0.1) is 5.82 Å². The highest BCUT2D eigenvalue weighted by molar-refractivity contribution is 9.10. The first-order valence-electron chi connectivity index (χ1n) is 11.4. The fourth-order valence-corrected chi connectivity index (χ4v) is 4.39. The molecule has 0 aliphatic carbocycles. The lowest BCUT2D eigenvalue weighted by Gasteiger charge is -2.14. The van der Waals surface area contributed by atoms with Crippen molar-refractivity contribution in [1.29, 1.82) is 0 Å². The third kappa shape index (κ3) is 5.29. The van der Waals surface area contributed by atoms with Gasteiger partial charge in [-0.05, 0) is 63.5 Å². The van der Waals surface area contributed by atoms with Gasteiger partial charge in [-0.1, -0.05) is 54.6 Å². The SMILES string of the molecule is COc1cc(C=Nn2c(-c3ccccc3)nc3ccccc3c2=O)cc(Br)c1OCc1ccc(F)cc1. The van der Waals surface area contributed by atoms with Crippen molar-refractivity contribution in [1.82, 2.24) is 9.66 Å². The predicted molar refractivity (Wildman–Crippen MR) is 146 cm³/mol. The largest absolute Gasteiger partial charge is 0.493 e. The van der Waals surface area contributed by atoms with Crippen molar-refractivity contribution in [3.8, 4) is 22.9 Å². The molecule has 8 heteroatoms. The van der Waals surface area contributed by atoms with Crippen LogP contribution in [0.3, 0.4) is 0 Å². The Bertz CT molecular complexity index is 1650. The molecule has 37 heavy (non-hydrogen) atoms. The maximum atomic E-state index is 13.4. The van der Waals surface area contributed by atoms with E-state index >= 15 is 0 Å². The van der Waals surface area contributed by atoms with E-state index < -0.39 is 0 Å². The minimum Gasteiger partial charge on any atom is -0.493 e. The summed E-state index contributed by atoms with van der Waals surface area (Å²) in [6.45, 7) is 0.237. The molecule has 5 aromatic rings. The van der Waals surface area contributed by atoms with Crippen molar-refractivity contribution in [3.05, 3.63) is 123 Å². The first-order chi connectivity index (χ1) is 18.0. The van der Waals surface area contributed by atoms with Gasteiger partial charge >= 0.3 is 0 Å². The van der Waals surface area contributed by atoms with Crippen LogP contribution >= 0.6 is 15.9 Å². The molecule has 0 aliphatic heterocycles. The summed E-state index contributed by atoms with van der Waals surface area (Å²) in [7, 11) is 1.54. The van der Waals surface area contributed by atoms with Gasteiger partial charge in [-0.25, -0.2) is 9.37 Å². The van der Waals surface area contributed by atoms with Crippen LogP contribution in [0.2, 0.25) is 0 Å². The van der Waals surface area contributed by atoms with E-state index in [0.717, 1.165) is 11.1 Å². The van der Waals surface area contributed by atoms with E-state index in [1.54, 1.807) is 43.7 Å². The van der Waals surface area contributed by atoms with Crippen LogP contribution in [0.1, 0.15) is 11.1 Å². The average molecular weight is 558 g/mol. The molecule has 1 aromatic heterocycles. The highest BCUT2D eigenvalue weighted by Gasteiger charge is 2.14. The second-order valence-electron chi connectivity index (χ2n) is 8.13. The molecule has 184 valence electrons. The molecule has 0 bridgehead atoms. The molecule has 1 heterocycles. The molecule has 0 unspecified atom stereocenters. The molecule has 0 fully saturated rings. The second kappa shape index (κ2) is 10.8. The maximum Gasteiger partial charge on any atom is 0.282 e. The Morgan fingerprint density at radius 3 is 2.49 bits per heavy atom. The number of fused-ring (bicyclic) bond motifs is 1. The van der Waals surface area contributed by atoms with Crippen LogP contribution in [0.5, 0.6) is 11.5 Å². The molecule has 0 saturated carbocycles. The number of aromatic nitrogens is 2. The van der Waals surface area contributed by atoms with E-state index in [2.05, 4.69) is 21.0 Å². The van der Waals surface area contributed by atoms with Gasteiger partial charge in [-0.3, -0.25) is 4.79 Å². The lowest BCUT2D eigenvalue weighted by atomic mass is 10.2. The van der Waals surface area contributed by atoms with E-state index in [4.69, 9.17) is 14.5 Å². The van der Waals surface area contributed by atoms with Crippen LogP contribution in [0.25, 0.3) is 22.3 Å². The van der Waals surface area contributed by atoms with E-state index in [1.807, 2.05) is 48.5 Å². The fourth-order valence-electron chi connectivity index (χ4n) is 3.82. The summed E-state index contributed by atoms with van der Waals surface area (Å²) >= 11 is 3.54. The molecular weight excluding hydrogens is 537 g/mol. The smallest absolute Gasteiger partial charge is 0.282 e. The number of halogens is 2. The number of methoxy groups -OCH3 is 1. The van der Waals surface area contributed by atoms with Gasteiger partial charge in [0, 0.05) is 5.56 Å². The number of nitrogens with zero attached hydrogens (tertiary/aromatic N) is 3. The Morgan fingerprint density at radius 2 is 1.73 bits per heavy atom. The number of benzene rings is 4. The average Bonchev–Trinajstić information content (AvgIpc) is 2.93. The molecule has 0 aliphatic rings. The number of hydrogen-bond donors (Lipinski definition) is 0. The van der Waals surface area contributed by atoms with E-state index in [0.29, 0.717) is 38.3 Å². The van der Waals surface area contributed by atoms with Crippen molar-refractivity contribution < 1.29 is 13.9 Å². The number of hydrogen-bond acceptors (Lipinski definition) is 5. The van der Waals surface area contributed by atoms with E-state index in [9.17, 15) is 9.18 Å². The maximum absolute atomic E-state index is 13.4. The Balaban J connectivity index is 1.51. The van der Waals surface area contributed by atoms with Gasteiger partial charge in [0.1, 0.15) is 12.4 Å². The third-order valence-corrected chi connectivity index (χ3v) is 6.25. The van der Waals surface area contributed by atoms with Crippen molar-refractivity contribution in [2.24, 2.45) is 5.10 Å². The highest BCUT2D eigenvalue weighted by Crippen LogP contribution is 2.37. The zero-order valence-electron chi connectivity index (χ0n) is 19.8. The molecule has 6 nitrogen and oxygen atoms in total. The van der Waals surface area contributed by atoms with E-state index in [-0.39, 0.29) is 18.0 Å². The lowest BCUT2D eigenvalue weighted by Crippen LogP contribution is -2.20. The Hall–Kier alpha value is -4.30. The van der Waals surface area contributed by atoms with Gasteiger partial charge in [0.05, 0.1) is 28.7 Å². The van der Waals surface area contributed by atoms with Crippen molar-refractivity contribution in [2.75, 3.05) is 7.11 Å². The summed E-state index contributed by atoms with van der Waals surface area (Å²) in [4.78, 5) is 18.1. The van der Waals surface area contributed by atoms with Gasteiger partial charge in [-0.15, -0.1) is 0 Å². The van der Waals surface area contributed by atoms with Crippen LogP contribution in [0.15, 0.2) is 105 Å². The first kappa shape index (κ1) is 24.4. The molecule has 0 spiro atoms.